The third-order valence-electron chi connectivity index (χ3n) is 9.90. The number of nitrogens with zero attached hydrogens (tertiary/aromatic N) is 1. The first-order valence-corrected chi connectivity index (χ1v) is 19.0. The molecule has 3 aromatic rings. The number of hydrogen-bond donors (Lipinski definition) is 4. The molecule has 5 atom stereocenters. The highest BCUT2D eigenvalue weighted by atomic mass is 16.6. The zero-order valence-electron chi connectivity index (χ0n) is 31.8. The summed E-state index contributed by atoms with van der Waals surface area (Å²) >= 11 is 0. The zero-order chi connectivity index (χ0) is 38.3. The lowest BCUT2D eigenvalue weighted by atomic mass is 9.88. The lowest BCUT2D eigenvalue weighted by Crippen LogP contribution is -2.49. The summed E-state index contributed by atoms with van der Waals surface area (Å²) in [4.78, 5) is 29.8. The predicted octanol–water partition coefficient (Wildman–Crippen LogP) is 3.86. The number of morpholine rings is 1. The van der Waals surface area contributed by atoms with E-state index < -0.39 is 41.9 Å². The summed E-state index contributed by atoms with van der Waals surface area (Å²) < 4.78 is 27.8. The molecule has 0 saturated carbocycles. The van der Waals surface area contributed by atoms with E-state index in [0.29, 0.717) is 39.1 Å². The first-order chi connectivity index (χ1) is 26.1. The summed E-state index contributed by atoms with van der Waals surface area (Å²) in [5.74, 6) is -0.262. The fourth-order valence-corrected chi connectivity index (χ4v) is 6.95. The summed E-state index contributed by atoms with van der Waals surface area (Å²) in [6, 6.07) is 23.6. The summed E-state index contributed by atoms with van der Waals surface area (Å²) in [5.41, 5.74) is 2.72. The normalized spacial score (nSPS) is 19.0. The largest absolute Gasteiger partial charge is 0.492 e. The van der Waals surface area contributed by atoms with Crippen molar-refractivity contribution >= 4 is 12.0 Å². The second-order valence-electron chi connectivity index (χ2n) is 14.7. The maximum absolute atomic E-state index is 14.2. The van der Waals surface area contributed by atoms with E-state index in [9.17, 15) is 19.8 Å². The molecule has 3 aromatic carbocycles. The highest BCUT2D eigenvalue weighted by Gasteiger charge is 2.36. The van der Waals surface area contributed by atoms with E-state index in [-0.39, 0.29) is 18.9 Å². The van der Waals surface area contributed by atoms with Gasteiger partial charge in [0.2, 0.25) is 5.91 Å². The van der Waals surface area contributed by atoms with Crippen molar-refractivity contribution in [3.8, 4) is 5.75 Å². The van der Waals surface area contributed by atoms with Crippen LogP contribution in [0.5, 0.6) is 5.75 Å². The van der Waals surface area contributed by atoms with E-state index in [1.165, 1.54) is 0 Å². The Morgan fingerprint density at radius 1 is 0.926 bits per heavy atom. The number of ether oxygens (including phenoxy) is 5. The van der Waals surface area contributed by atoms with Gasteiger partial charge in [-0.25, -0.2) is 4.79 Å². The van der Waals surface area contributed by atoms with Crippen LogP contribution in [0, 0.1) is 5.92 Å². The molecule has 0 spiro atoms. The minimum absolute atomic E-state index is 0.0371. The van der Waals surface area contributed by atoms with Crippen molar-refractivity contribution in [3.63, 3.8) is 0 Å². The molecule has 2 aliphatic rings. The number of carbonyl (C=O) groups excluding carboxylic acids is 2. The standard InChI is InChI=1S/C42H57N3O9/c1-42(2,29-52-24-23-50-3)54-41(49)43-36(26-30-9-5-4-6-10-30)37(46)28-33(40(48)44-39-35-12-8-7-11-32(35)27-38(39)47)25-31-13-15-34(16-14-31)53-22-19-45-17-20-51-21-18-45/h4-16,33,36-39,46-47H,17-29H2,1-3H3,(H,43,49)(H,44,48)/t33-,36+,37+,38-,39+/m1/s1. The average molecular weight is 748 g/mol. The van der Waals surface area contributed by atoms with Gasteiger partial charge in [-0.15, -0.1) is 0 Å². The number of fused-ring (bicyclic) bond motifs is 1. The maximum Gasteiger partial charge on any atom is 0.408 e. The van der Waals surface area contributed by atoms with Gasteiger partial charge in [0.25, 0.3) is 0 Å². The van der Waals surface area contributed by atoms with Crippen LogP contribution in [0.2, 0.25) is 0 Å². The van der Waals surface area contributed by atoms with Crippen LogP contribution in [0.4, 0.5) is 4.79 Å². The van der Waals surface area contributed by atoms with E-state index in [1.54, 1.807) is 21.0 Å². The maximum atomic E-state index is 14.2. The van der Waals surface area contributed by atoms with E-state index in [4.69, 9.17) is 23.7 Å². The van der Waals surface area contributed by atoms with Gasteiger partial charge in [0, 0.05) is 39.1 Å². The van der Waals surface area contributed by atoms with Gasteiger partial charge in [-0.05, 0) is 67.5 Å². The minimum Gasteiger partial charge on any atom is -0.492 e. The van der Waals surface area contributed by atoms with E-state index in [0.717, 1.165) is 60.9 Å². The van der Waals surface area contributed by atoms with Gasteiger partial charge in [0.15, 0.2) is 0 Å². The van der Waals surface area contributed by atoms with E-state index in [1.807, 2.05) is 78.9 Å². The molecule has 54 heavy (non-hydrogen) atoms. The number of amides is 2. The van der Waals surface area contributed by atoms with Gasteiger partial charge in [0.1, 0.15) is 18.0 Å². The summed E-state index contributed by atoms with van der Waals surface area (Å²) in [6.07, 6.45) is -1.49. The monoisotopic (exact) mass is 747 g/mol. The Hall–Kier alpha value is -4.04. The molecule has 2 amide bonds. The second kappa shape index (κ2) is 20.6. The van der Waals surface area contributed by atoms with Crippen LogP contribution in [0.1, 0.15) is 48.6 Å². The Bertz CT molecular complexity index is 1580. The third-order valence-corrected chi connectivity index (χ3v) is 9.90. The van der Waals surface area contributed by atoms with Gasteiger partial charge in [-0.3, -0.25) is 9.69 Å². The van der Waals surface area contributed by atoms with Crippen LogP contribution >= 0.6 is 0 Å². The molecule has 1 fully saturated rings. The lowest BCUT2D eigenvalue weighted by molar-refractivity contribution is -0.127. The zero-order valence-corrected chi connectivity index (χ0v) is 31.8. The molecule has 1 aliphatic carbocycles. The van der Waals surface area contributed by atoms with Gasteiger partial charge < -0.3 is 44.5 Å². The van der Waals surface area contributed by atoms with Crippen LogP contribution in [0.15, 0.2) is 78.9 Å². The van der Waals surface area contributed by atoms with Crippen molar-refractivity contribution in [2.75, 3.05) is 66.4 Å². The third kappa shape index (κ3) is 12.8. The number of nitrogens with one attached hydrogen (secondary N) is 2. The molecule has 1 saturated heterocycles. The summed E-state index contributed by atoms with van der Waals surface area (Å²) in [5, 5.41) is 28.8. The molecular weight excluding hydrogens is 690 g/mol. The Morgan fingerprint density at radius 2 is 1.63 bits per heavy atom. The number of hydrogen-bond acceptors (Lipinski definition) is 10. The van der Waals surface area contributed by atoms with E-state index >= 15 is 0 Å². The molecule has 4 N–H and O–H groups in total. The van der Waals surface area contributed by atoms with Crippen LogP contribution in [0.25, 0.3) is 0 Å². The molecule has 294 valence electrons. The van der Waals surface area contributed by atoms with Crippen LogP contribution in [0.3, 0.4) is 0 Å². The molecule has 12 heteroatoms. The number of aliphatic hydroxyl groups excluding tert-OH is 2. The molecule has 5 rings (SSSR count). The molecule has 0 unspecified atom stereocenters. The SMILES string of the molecule is COCCOCC(C)(C)OC(=O)N[C@@H](Cc1ccccc1)[C@@H](O)C[C@@H](Cc1ccc(OCCN2CCOCC2)cc1)C(=O)N[C@H]1c2ccccc2C[C@H]1O. The van der Waals surface area contributed by atoms with Gasteiger partial charge in [-0.1, -0.05) is 66.7 Å². The smallest absolute Gasteiger partial charge is 0.408 e. The lowest BCUT2D eigenvalue weighted by Gasteiger charge is -2.30. The quantitative estimate of drug-likeness (QED) is 0.126. The Balaban J connectivity index is 1.30. The van der Waals surface area contributed by atoms with Gasteiger partial charge >= 0.3 is 6.09 Å². The molecule has 0 bridgehead atoms. The molecule has 0 aromatic heterocycles. The fourth-order valence-electron chi connectivity index (χ4n) is 6.95. The first-order valence-electron chi connectivity index (χ1n) is 19.0. The Morgan fingerprint density at radius 3 is 2.37 bits per heavy atom. The van der Waals surface area contributed by atoms with Crippen molar-refractivity contribution in [2.45, 2.75) is 69.4 Å². The van der Waals surface area contributed by atoms with Crippen molar-refractivity contribution in [1.29, 1.82) is 0 Å². The van der Waals surface area contributed by atoms with E-state index in [2.05, 4.69) is 15.5 Å². The van der Waals surface area contributed by atoms with Crippen molar-refractivity contribution in [2.24, 2.45) is 5.92 Å². The van der Waals surface area contributed by atoms with Crippen LogP contribution < -0.4 is 15.4 Å². The molecular formula is C42H57N3O9. The number of benzene rings is 3. The molecule has 1 heterocycles. The number of alkyl carbamates (subject to hydrolysis) is 1. The van der Waals surface area contributed by atoms with Gasteiger partial charge in [0.05, 0.1) is 57.3 Å². The topological polar surface area (TPSA) is 148 Å². The van der Waals surface area contributed by atoms with Crippen molar-refractivity contribution in [1.82, 2.24) is 15.5 Å². The number of aliphatic hydroxyl groups is 2. The Kier molecular flexibility index (Phi) is 15.7. The fraction of sp³-hybridized carbons (Fsp3) is 0.524. The number of carbonyl (C=O) groups is 2. The average Bonchev–Trinajstić information content (AvgIpc) is 3.48. The van der Waals surface area contributed by atoms with Crippen LogP contribution in [-0.4, -0.2) is 117 Å². The first kappa shape index (κ1) is 41.1. The van der Waals surface area contributed by atoms with Crippen molar-refractivity contribution in [3.05, 3.63) is 101 Å². The number of rotatable bonds is 20. The summed E-state index contributed by atoms with van der Waals surface area (Å²) in [7, 11) is 1.59. The predicted molar refractivity (Wildman–Crippen MR) is 204 cm³/mol. The molecule has 12 nitrogen and oxygen atoms in total. The second-order valence-corrected chi connectivity index (χ2v) is 14.7. The highest BCUT2D eigenvalue weighted by molar-refractivity contribution is 5.80. The molecule has 1 aliphatic heterocycles. The Labute approximate surface area is 319 Å². The van der Waals surface area contributed by atoms with Crippen molar-refractivity contribution < 1.29 is 43.5 Å². The molecule has 0 radical (unpaired) electrons. The minimum atomic E-state index is -1.13. The number of methoxy groups -OCH3 is 1. The van der Waals surface area contributed by atoms with Crippen LogP contribution in [-0.2, 0) is 43.0 Å². The highest BCUT2D eigenvalue weighted by Crippen LogP contribution is 2.32. The summed E-state index contributed by atoms with van der Waals surface area (Å²) in [6.45, 7) is 9.06. The van der Waals surface area contributed by atoms with Gasteiger partial charge in [-0.2, -0.15) is 0 Å².